The molecule has 3 aromatic carbocycles. The zero-order valence-corrected chi connectivity index (χ0v) is 17.6. The van der Waals surface area contributed by atoms with Crippen molar-refractivity contribution in [3.63, 3.8) is 0 Å². The van der Waals surface area contributed by atoms with E-state index in [1.807, 2.05) is 32.0 Å². The minimum Gasteiger partial charge on any atom is -0.451 e. The van der Waals surface area contributed by atoms with E-state index in [0.29, 0.717) is 17.0 Å². The number of benzene rings is 3. The van der Waals surface area contributed by atoms with Crippen LogP contribution in [0.1, 0.15) is 32.1 Å². The Morgan fingerprint density at radius 3 is 2.38 bits per heavy atom. The number of aryl methyl sites for hydroxylation is 1. The summed E-state index contributed by atoms with van der Waals surface area (Å²) in [6.45, 7) is 3.49. The Hall–Kier alpha value is -4.13. The number of carbonyl (C=O) groups is 2. The van der Waals surface area contributed by atoms with Crippen molar-refractivity contribution in [2.75, 3.05) is 6.61 Å². The van der Waals surface area contributed by atoms with Crippen LogP contribution < -0.4 is 0 Å². The lowest BCUT2D eigenvalue weighted by molar-refractivity contribution is 0.0462. The standard InChI is InChI=1S/C25H20FN3O3/c1-16-7-6-10-21(17(16)2)29-24(19-11-13-20(26)14-12-19)27-23(28-29)25(31)32-15-22(30)18-8-4-3-5-9-18/h3-14H,15H2,1-2H3. The predicted molar refractivity (Wildman–Crippen MR) is 117 cm³/mol. The third kappa shape index (κ3) is 4.32. The summed E-state index contributed by atoms with van der Waals surface area (Å²) in [6, 6.07) is 20.0. The average Bonchev–Trinajstić information content (AvgIpc) is 3.25. The molecule has 0 amide bonds. The van der Waals surface area contributed by atoms with Crippen molar-refractivity contribution in [1.29, 1.82) is 0 Å². The normalized spacial score (nSPS) is 10.7. The maximum Gasteiger partial charge on any atom is 0.378 e. The molecule has 0 atom stereocenters. The number of Topliss-reactive ketones (excluding diaryl/α,β-unsaturated/α-hetero) is 1. The van der Waals surface area contributed by atoms with E-state index in [1.54, 1.807) is 42.5 Å². The third-order valence-electron chi connectivity index (χ3n) is 5.13. The maximum atomic E-state index is 13.4. The van der Waals surface area contributed by atoms with E-state index in [4.69, 9.17) is 4.74 Å². The zero-order chi connectivity index (χ0) is 22.7. The number of ether oxygens (including phenoxy) is 1. The van der Waals surface area contributed by atoms with Crippen LogP contribution >= 0.6 is 0 Å². The highest BCUT2D eigenvalue weighted by Crippen LogP contribution is 2.25. The lowest BCUT2D eigenvalue weighted by atomic mass is 10.1. The monoisotopic (exact) mass is 429 g/mol. The van der Waals surface area contributed by atoms with Gasteiger partial charge in [0, 0.05) is 11.1 Å². The van der Waals surface area contributed by atoms with Crippen LogP contribution in [0, 0.1) is 19.7 Å². The summed E-state index contributed by atoms with van der Waals surface area (Å²) in [5, 5.41) is 4.36. The molecule has 0 aliphatic rings. The van der Waals surface area contributed by atoms with Crippen LogP contribution in [0.3, 0.4) is 0 Å². The smallest absolute Gasteiger partial charge is 0.378 e. The number of nitrogens with zero attached hydrogens (tertiary/aromatic N) is 3. The van der Waals surface area contributed by atoms with Gasteiger partial charge in [0.1, 0.15) is 5.82 Å². The first-order valence-electron chi connectivity index (χ1n) is 9.99. The largest absolute Gasteiger partial charge is 0.451 e. The van der Waals surface area contributed by atoms with Gasteiger partial charge in [0.25, 0.3) is 5.82 Å². The van der Waals surface area contributed by atoms with Crippen LogP contribution in [0.4, 0.5) is 4.39 Å². The predicted octanol–water partition coefficient (Wildman–Crippen LogP) is 4.73. The number of esters is 1. The first-order valence-corrected chi connectivity index (χ1v) is 9.99. The second kappa shape index (κ2) is 8.93. The van der Waals surface area contributed by atoms with Crippen molar-refractivity contribution >= 4 is 11.8 Å². The second-order valence-electron chi connectivity index (χ2n) is 7.26. The van der Waals surface area contributed by atoms with Crippen molar-refractivity contribution in [2.24, 2.45) is 0 Å². The topological polar surface area (TPSA) is 74.1 Å². The first-order chi connectivity index (χ1) is 15.4. The number of hydrogen-bond donors (Lipinski definition) is 0. The Bertz CT molecular complexity index is 1280. The SMILES string of the molecule is Cc1cccc(-n2nc(C(=O)OCC(=O)c3ccccc3)nc2-c2ccc(F)cc2)c1C. The number of aromatic nitrogens is 3. The van der Waals surface area contributed by atoms with Gasteiger partial charge in [-0.15, -0.1) is 5.10 Å². The minimum absolute atomic E-state index is 0.189. The molecule has 1 aromatic heterocycles. The Kier molecular flexibility index (Phi) is 5.89. The van der Waals surface area contributed by atoms with Crippen LogP contribution in [-0.4, -0.2) is 33.1 Å². The average molecular weight is 429 g/mol. The molecule has 7 heteroatoms. The van der Waals surface area contributed by atoms with E-state index >= 15 is 0 Å². The van der Waals surface area contributed by atoms with Crippen molar-refractivity contribution in [3.8, 4) is 17.1 Å². The van der Waals surface area contributed by atoms with Gasteiger partial charge in [-0.25, -0.2) is 18.9 Å². The van der Waals surface area contributed by atoms with Crippen LogP contribution in [0.2, 0.25) is 0 Å². The Morgan fingerprint density at radius 2 is 1.66 bits per heavy atom. The van der Waals surface area contributed by atoms with E-state index in [2.05, 4.69) is 10.1 Å². The fourth-order valence-electron chi connectivity index (χ4n) is 3.22. The Morgan fingerprint density at radius 1 is 0.938 bits per heavy atom. The molecule has 0 saturated heterocycles. The van der Waals surface area contributed by atoms with Crippen molar-refractivity contribution in [1.82, 2.24) is 14.8 Å². The molecular weight excluding hydrogens is 409 g/mol. The fourth-order valence-corrected chi connectivity index (χ4v) is 3.22. The van der Waals surface area contributed by atoms with Gasteiger partial charge in [0.2, 0.25) is 0 Å². The van der Waals surface area contributed by atoms with E-state index in [9.17, 15) is 14.0 Å². The lowest BCUT2D eigenvalue weighted by Gasteiger charge is -2.11. The third-order valence-corrected chi connectivity index (χ3v) is 5.13. The molecule has 160 valence electrons. The number of hydrogen-bond acceptors (Lipinski definition) is 5. The summed E-state index contributed by atoms with van der Waals surface area (Å²) in [4.78, 5) is 29.2. The second-order valence-corrected chi connectivity index (χ2v) is 7.26. The molecule has 0 saturated carbocycles. The highest BCUT2D eigenvalue weighted by molar-refractivity contribution is 5.98. The van der Waals surface area contributed by atoms with Gasteiger partial charge >= 0.3 is 5.97 Å². The molecule has 4 aromatic rings. The molecule has 32 heavy (non-hydrogen) atoms. The molecule has 0 N–H and O–H groups in total. The number of ketones is 1. The fraction of sp³-hybridized carbons (Fsp3) is 0.120. The van der Waals surface area contributed by atoms with Gasteiger partial charge in [-0.05, 0) is 55.3 Å². The minimum atomic E-state index is -0.818. The number of carbonyl (C=O) groups excluding carboxylic acids is 2. The molecule has 0 bridgehead atoms. The van der Waals surface area contributed by atoms with Gasteiger partial charge in [-0.3, -0.25) is 4.79 Å². The zero-order valence-electron chi connectivity index (χ0n) is 17.6. The van der Waals surface area contributed by atoms with Crippen LogP contribution in [0.5, 0.6) is 0 Å². The molecule has 0 spiro atoms. The maximum absolute atomic E-state index is 13.4. The van der Waals surface area contributed by atoms with Crippen LogP contribution in [0.25, 0.3) is 17.1 Å². The Balaban J connectivity index is 1.67. The van der Waals surface area contributed by atoms with Crippen molar-refractivity contribution < 1.29 is 18.7 Å². The van der Waals surface area contributed by atoms with Crippen LogP contribution in [-0.2, 0) is 4.74 Å². The molecule has 6 nitrogen and oxygen atoms in total. The summed E-state index contributed by atoms with van der Waals surface area (Å²) in [5.74, 6) is -1.36. The molecule has 0 aliphatic carbocycles. The summed E-state index contributed by atoms with van der Waals surface area (Å²) < 4.78 is 20.1. The highest BCUT2D eigenvalue weighted by Gasteiger charge is 2.22. The lowest BCUT2D eigenvalue weighted by Crippen LogP contribution is -2.15. The summed E-state index contributed by atoms with van der Waals surface area (Å²) in [5.41, 5.74) is 3.76. The molecule has 1 heterocycles. The molecule has 0 fully saturated rings. The number of halogens is 1. The van der Waals surface area contributed by atoms with Crippen molar-refractivity contribution in [2.45, 2.75) is 13.8 Å². The molecule has 4 rings (SSSR count). The molecule has 0 radical (unpaired) electrons. The summed E-state index contributed by atoms with van der Waals surface area (Å²) >= 11 is 0. The van der Waals surface area contributed by atoms with E-state index in [-0.39, 0.29) is 17.4 Å². The van der Waals surface area contributed by atoms with Gasteiger partial charge in [0.05, 0.1) is 5.69 Å². The van der Waals surface area contributed by atoms with Gasteiger partial charge in [0.15, 0.2) is 18.2 Å². The molecule has 0 aliphatic heterocycles. The van der Waals surface area contributed by atoms with Gasteiger partial charge in [-0.1, -0.05) is 42.5 Å². The van der Waals surface area contributed by atoms with Gasteiger partial charge in [-0.2, -0.15) is 0 Å². The highest BCUT2D eigenvalue weighted by atomic mass is 19.1. The summed E-state index contributed by atoms with van der Waals surface area (Å²) in [6.07, 6.45) is 0. The van der Waals surface area contributed by atoms with E-state index < -0.39 is 12.6 Å². The Labute approximate surface area is 184 Å². The van der Waals surface area contributed by atoms with E-state index in [0.717, 1.165) is 16.8 Å². The first kappa shape index (κ1) is 21.1. The van der Waals surface area contributed by atoms with Gasteiger partial charge < -0.3 is 4.74 Å². The van der Waals surface area contributed by atoms with E-state index in [1.165, 1.54) is 16.8 Å². The quantitative estimate of drug-likeness (QED) is 0.327. The molecular formula is C25H20FN3O3. The molecule has 0 unspecified atom stereocenters. The summed E-state index contributed by atoms with van der Waals surface area (Å²) in [7, 11) is 0. The number of rotatable bonds is 6. The van der Waals surface area contributed by atoms with Crippen LogP contribution in [0.15, 0.2) is 72.8 Å². The van der Waals surface area contributed by atoms with Crippen molar-refractivity contribution in [3.05, 3.63) is 101 Å².